The highest BCUT2D eigenvalue weighted by atomic mass is 32.1. The number of alkyl halides is 3. The van der Waals surface area contributed by atoms with Gasteiger partial charge in [0.25, 0.3) is 5.91 Å². The van der Waals surface area contributed by atoms with Crippen LogP contribution in [0.4, 0.5) is 13.2 Å². The molecule has 1 aliphatic heterocycles. The number of carbonyl (C=O) groups excluding carboxylic acids is 1. The van der Waals surface area contributed by atoms with E-state index in [2.05, 4.69) is 4.98 Å². The van der Waals surface area contributed by atoms with E-state index in [1.165, 1.54) is 23.8 Å². The van der Waals surface area contributed by atoms with E-state index in [1.54, 1.807) is 22.0 Å². The van der Waals surface area contributed by atoms with Crippen LogP contribution >= 0.6 is 11.3 Å². The summed E-state index contributed by atoms with van der Waals surface area (Å²) >= 11 is 1.32. The molecule has 0 saturated carbocycles. The minimum absolute atomic E-state index is 0.0406. The largest absolute Gasteiger partial charge is 0.416 e. The predicted molar refractivity (Wildman–Crippen MR) is 102 cm³/mol. The molecule has 3 aromatic rings. The molecule has 1 aliphatic rings. The van der Waals surface area contributed by atoms with E-state index in [0.717, 1.165) is 50.9 Å². The van der Waals surface area contributed by atoms with Crippen molar-refractivity contribution in [2.45, 2.75) is 38.3 Å². The second-order valence-corrected chi connectivity index (χ2v) is 7.87. The van der Waals surface area contributed by atoms with Crippen molar-refractivity contribution in [1.29, 1.82) is 0 Å². The van der Waals surface area contributed by atoms with Gasteiger partial charge >= 0.3 is 6.18 Å². The summed E-state index contributed by atoms with van der Waals surface area (Å²) in [7, 11) is 0. The van der Waals surface area contributed by atoms with Gasteiger partial charge in [-0.15, -0.1) is 11.3 Å². The number of likely N-dealkylation sites (tertiary alicyclic amines) is 1. The van der Waals surface area contributed by atoms with Crippen LogP contribution in [0.15, 0.2) is 35.8 Å². The lowest BCUT2D eigenvalue weighted by Crippen LogP contribution is -2.34. The predicted octanol–water partition coefficient (Wildman–Crippen LogP) is 5.49. The van der Waals surface area contributed by atoms with Gasteiger partial charge in [-0.1, -0.05) is 31.4 Å². The van der Waals surface area contributed by atoms with Gasteiger partial charge < -0.3 is 4.90 Å². The number of nitrogens with zero attached hydrogens (tertiary/aromatic N) is 3. The summed E-state index contributed by atoms with van der Waals surface area (Å²) < 4.78 is 40.7. The second kappa shape index (κ2) is 7.58. The Bertz CT molecular complexity index is 984. The summed E-state index contributed by atoms with van der Waals surface area (Å²) in [4.78, 5) is 19.9. The van der Waals surface area contributed by atoms with Crippen molar-refractivity contribution in [2.75, 3.05) is 13.1 Å². The van der Waals surface area contributed by atoms with E-state index in [0.29, 0.717) is 21.9 Å². The number of imidazole rings is 1. The summed E-state index contributed by atoms with van der Waals surface area (Å²) in [5.74, 6) is -0.0406. The van der Waals surface area contributed by atoms with Crippen LogP contribution in [0.3, 0.4) is 0 Å². The topological polar surface area (TPSA) is 37.6 Å². The fourth-order valence-electron chi connectivity index (χ4n) is 3.54. The molecule has 0 radical (unpaired) electrons. The van der Waals surface area contributed by atoms with Crippen molar-refractivity contribution in [3.8, 4) is 11.3 Å². The Labute approximate surface area is 164 Å². The van der Waals surface area contributed by atoms with Crippen LogP contribution in [-0.2, 0) is 6.18 Å². The molecule has 0 aliphatic carbocycles. The van der Waals surface area contributed by atoms with E-state index in [9.17, 15) is 18.0 Å². The first-order chi connectivity index (χ1) is 13.4. The summed E-state index contributed by atoms with van der Waals surface area (Å²) in [5.41, 5.74) is 0.625. The first-order valence-corrected chi connectivity index (χ1v) is 10.2. The number of halogens is 3. The molecular weight excluding hydrogens is 387 g/mol. The fraction of sp³-hybridized carbons (Fsp3) is 0.400. The number of rotatable bonds is 2. The van der Waals surface area contributed by atoms with Gasteiger partial charge in [0, 0.05) is 30.2 Å². The summed E-state index contributed by atoms with van der Waals surface area (Å²) in [6, 6.07) is 5.10. The Morgan fingerprint density at radius 2 is 1.79 bits per heavy atom. The normalized spacial score (nSPS) is 16.2. The monoisotopic (exact) mass is 407 g/mol. The highest BCUT2D eigenvalue weighted by Gasteiger charge is 2.30. The van der Waals surface area contributed by atoms with Crippen molar-refractivity contribution in [3.63, 3.8) is 0 Å². The van der Waals surface area contributed by atoms with Crippen LogP contribution in [-0.4, -0.2) is 33.3 Å². The quantitative estimate of drug-likeness (QED) is 0.564. The SMILES string of the molecule is O=C(c1csc2nc(-c3cccc(C(F)(F)F)c3)cn12)N1CCCCCCC1. The van der Waals surface area contributed by atoms with Gasteiger partial charge in [-0.3, -0.25) is 9.20 Å². The van der Waals surface area contributed by atoms with Gasteiger partial charge in [-0.2, -0.15) is 13.2 Å². The number of hydrogen-bond acceptors (Lipinski definition) is 3. The van der Waals surface area contributed by atoms with Crippen LogP contribution in [0, 0.1) is 0 Å². The van der Waals surface area contributed by atoms with Crippen molar-refractivity contribution < 1.29 is 18.0 Å². The molecule has 0 spiro atoms. The molecule has 1 amide bonds. The Balaban J connectivity index is 1.64. The lowest BCUT2D eigenvalue weighted by Gasteiger charge is -2.24. The third kappa shape index (κ3) is 3.78. The zero-order valence-electron chi connectivity index (χ0n) is 15.2. The van der Waals surface area contributed by atoms with Crippen LogP contribution in [0.5, 0.6) is 0 Å². The Kier molecular flexibility index (Phi) is 5.14. The van der Waals surface area contributed by atoms with Crippen LogP contribution in [0.1, 0.15) is 48.2 Å². The molecule has 0 N–H and O–H groups in total. The van der Waals surface area contributed by atoms with Crippen LogP contribution in [0.2, 0.25) is 0 Å². The third-order valence-corrected chi connectivity index (χ3v) is 5.90. The molecule has 148 valence electrons. The number of benzene rings is 1. The molecule has 8 heteroatoms. The van der Waals surface area contributed by atoms with Gasteiger partial charge in [-0.25, -0.2) is 4.98 Å². The zero-order valence-corrected chi connectivity index (χ0v) is 16.0. The van der Waals surface area contributed by atoms with Gasteiger partial charge in [-0.05, 0) is 25.0 Å². The van der Waals surface area contributed by atoms with Gasteiger partial charge in [0.05, 0.1) is 11.3 Å². The molecule has 4 rings (SSSR count). The molecule has 0 unspecified atom stereocenters. The maximum Gasteiger partial charge on any atom is 0.416 e. The molecule has 0 bridgehead atoms. The molecular formula is C20H20F3N3OS. The van der Waals surface area contributed by atoms with Gasteiger partial charge in [0.1, 0.15) is 5.69 Å². The maximum absolute atomic E-state index is 13.0. The highest BCUT2D eigenvalue weighted by molar-refractivity contribution is 7.15. The molecule has 1 aromatic carbocycles. The Hall–Kier alpha value is -2.35. The molecule has 2 aromatic heterocycles. The average Bonchev–Trinajstić information content (AvgIpc) is 3.21. The van der Waals surface area contributed by atoms with Crippen molar-refractivity contribution in [1.82, 2.24) is 14.3 Å². The summed E-state index contributed by atoms with van der Waals surface area (Å²) in [5, 5.41) is 1.78. The number of aromatic nitrogens is 2. The Morgan fingerprint density at radius 1 is 1.07 bits per heavy atom. The van der Waals surface area contributed by atoms with E-state index in [1.807, 2.05) is 4.90 Å². The fourth-order valence-corrected chi connectivity index (χ4v) is 4.39. The lowest BCUT2D eigenvalue weighted by atomic mass is 10.1. The lowest BCUT2D eigenvalue weighted by molar-refractivity contribution is -0.137. The second-order valence-electron chi connectivity index (χ2n) is 7.04. The first-order valence-electron chi connectivity index (χ1n) is 9.37. The molecule has 1 fully saturated rings. The molecule has 1 saturated heterocycles. The number of thiazole rings is 1. The standard InChI is InChI=1S/C20H20F3N3OS/c21-20(22,23)15-8-6-7-14(11-15)16-12-26-17(13-28-19(26)24-16)18(27)25-9-4-2-1-3-5-10-25/h6-8,11-13H,1-5,9-10H2. The zero-order chi connectivity index (χ0) is 19.7. The highest BCUT2D eigenvalue weighted by Crippen LogP contribution is 2.32. The number of fused-ring (bicyclic) bond motifs is 1. The summed E-state index contributed by atoms with van der Waals surface area (Å²) in [6.45, 7) is 1.48. The third-order valence-electron chi connectivity index (χ3n) is 5.06. The first kappa shape index (κ1) is 19.0. The number of carbonyl (C=O) groups is 1. The van der Waals surface area contributed by atoms with Gasteiger partial charge in [0.15, 0.2) is 4.96 Å². The van der Waals surface area contributed by atoms with Crippen molar-refractivity contribution in [3.05, 3.63) is 47.1 Å². The molecule has 0 atom stereocenters. The van der Waals surface area contributed by atoms with E-state index >= 15 is 0 Å². The molecule has 28 heavy (non-hydrogen) atoms. The van der Waals surface area contributed by atoms with Crippen molar-refractivity contribution >= 4 is 22.2 Å². The van der Waals surface area contributed by atoms with Crippen LogP contribution < -0.4 is 0 Å². The minimum Gasteiger partial charge on any atom is -0.337 e. The van der Waals surface area contributed by atoms with E-state index in [-0.39, 0.29) is 5.91 Å². The Morgan fingerprint density at radius 3 is 2.50 bits per heavy atom. The van der Waals surface area contributed by atoms with E-state index < -0.39 is 11.7 Å². The van der Waals surface area contributed by atoms with Gasteiger partial charge in [0.2, 0.25) is 0 Å². The smallest absolute Gasteiger partial charge is 0.337 e. The maximum atomic E-state index is 13.0. The molecule has 4 nitrogen and oxygen atoms in total. The van der Waals surface area contributed by atoms with E-state index in [4.69, 9.17) is 0 Å². The average molecular weight is 407 g/mol. The summed E-state index contributed by atoms with van der Waals surface area (Å²) in [6.07, 6.45) is 2.73. The van der Waals surface area contributed by atoms with Crippen molar-refractivity contribution in [2.24, 2.45) is 0 Å². The van der Waals surface area contributed by atoms with Crippen LogP contribution in [0.25, 0.3) is 16.2 Å². The number of amides is 1. The molecule has 3 heterocycles. The number of hydrogen-bond donors (Lipinski definition) is 0. The minimum atomic E-state index is -4.40.